The molecular weight excluding hydrogens is 386 g/mol. The predicted octanol–water partition coefficient (Wildman–Crippen LogP) is 3.25. The SMILES string of the molecule is COc1cc(C2C3=C(CC(C)(C)CC3=O)Oc3ncnc(N)c32)cc(OC)c1OC. The summed E-state index contributed by atoms with van der Waals surface area (Å²) in [6.07, 6.45) is 2.40. The molecule has 0 saturated heterocycles. The first-order valence-corrected chi connectivity index (χ1v) is 9.64. The molecule has 2 aliphatic rings. The minimum Gasteiger partial charge on any atom is -0.493 e. The summed E-state index contributed by atoms with van der Waals surface area (Å²) in [6, 6.07) is 3.65. The number of Topliss-reactive ketones (excluding diaryl/α,β-unsaturated/α-hetero) is 1. The molecule has 1 aliphatic heterocycles. The molecule has 30 heavy (non-hydrogen) atoms. The number of benzene rings is 1. The lowest BCUT2D eigenvalue weighted by molar-refractivity contribution is -0.118. The highest BCUT2D eigenvalue weighted by Gasteiger charge is 2.44. The third kappa shape index (κ3) is 3.12. The van der Waals surface area contributed by atoms with E-state index in [1.165, 1.54) is 6.33 Å². The maximum Gasteiger partial charge on any atom is 0.228 e. The van der Waals surface area contributed by atoms with Crippen LogP contribution in [0.1, 0.15) is 43.7 Å². The van der Waals surface area contributed by atoms with Crippen LogP contribution in [-0.2, 0) is 4.79 Å². The molecule has 0 bridgehead atoms. The molecule has 1 unspecified atom stereocenters. The van der Waals surface area contributed by atoms with Gasteiger partial charge in [0.25, 0.3) is 0 Å². The number of carbonyl (C=O) groups is 1. The smallest absolute Gasteiger partial charge is 0.228 e. The quantitative estimate of drug-likeness (QED) is 0.817. The number of nitrogen functional groups attached to an aromatic ring is 1. The molecule has 4 rings (SSSR count). The second-order valence-electron chi connectivity index (χ2n) is 8.25. The van der Waals surface area contributed by atoms with E-state index in [9.17, 15) is 4.79 Å². The first-order valence-electron chi connectivity index (χ1n) is 9.64. The fraction of sp³-hybridized carbons (Fsp3) is 0.409. The van der Waals surface area contributed by atoms with Gasteiger partial charge in [-0.25, -0.2) is 9.97 Å². The van der Waals surface area contributed by atoms with Gasteiger partial charge in [0, 0.05) is 18.4 Å². The maximum absolute atomic E-state index is 13.3. The summed E-state index contributed by atoms with van der Waals surface area (Å²) in [5.41, 5.74) is 7.94. The van der Waals surface area contributed by atoms with Crippen molar-refractivity contribution in [2.45, 2.75) is 32.6 Å². The van der Waals surface area contributed by atoms with Crippen LogP contribution < -0.4 is 24.7 Å². The molecule has 1 aliphatic carbocycles. The van der Waals surface area contributed by atoms with Crippen molar-refractivity contribution in [2.75, 3.05) is 27.1 Å². The lowest BCUT2D eigenvalue weighted by Crippen LogP contribution is -2.33. The minimum atomic E-state index is -0.498. The van der Waals surface area contributed by atoms with Gasteiger partial charge < -0.3 is 24.7 Å². The standard InChI is InChI=1S/C22H25N3O5/c1-22(2)8-12(26)17-15(9-22)30-21-18(20(23)24-10-25-21)16(17)11-6-13(27-3)19(29-5)14(7-11)28-4/h6-7,10,16H,8-9H2,1-5H3,(H2,23,24,25). The Bertz CT molecular complexity index is 1040. The van der Waals surface area contributed by atoms with Gasteiger partial charge >= 0.3 is 0 Å². The van der Waals surface area contributed by atoms with Crippen molar-refractivity contribution in [1.82, 2.24) is 9.97 Å². The van der Waals surface area contributed by atoms with Crippen LogP contribution >= 0.6 is 0 Å². The zero-order chi connectivity index (χ0) is 21.6. The number of aromatic nitrogens is 2. The van der Waals surface area contributed by atoms with Crippen molar-refractivity contribution in [2.24, 2.45) is 5.41 Å². The van der Waals surface area contributed by atoms with Gasteiger partial charge in [0.2, 0.25) is 11.6 Å². The molecule has 8 heteroatoms. The average molecular weight is 411 g/mol. The molecule has 0 radical (unpaired) electrons. The van der Waals surface area contributed by atoms with E-state index in [1.807, 2.05) is 12.1 Å². The van der Waals surface area contributed by atoms with E-state index in [2.05, 4.69) is 23.8 Å². The van der Waals surface area contributed by atoms with Gasteiger partial charge in [0.1, 0.15) is 17.9 Å². The number of allylic oxidation sites excluding steroid dienone is 2. The van der Waals surface area contributed by atoms with Crippen LogP contribution in [0.25, 0.3) is 0 Å². The van der Waals surface area contributed by atoms with Gasteiger partial charge in [-0.15, -0.1) is 0 Å². The number of anilines is 1. The maximum atomic E-state index is 13.3. The molecule has 1 atom stereocenters. The molecule has 2 N–H and O–H groups in total. The van der Waals surface area contributed by atoms with Crippen molar-refractivity contribution in [3.63, 3.8) is 0 Å². The van der Waals surface area contributed by atoms with Crippen molar-refractivity contribution in [1.29, 1.82) is 0 Å². The number of fused-ring (bicyclic) bond motifs is 1. The van der Waals surface area contributed by atoms with Gasteiger partial charge in [0.15, 0.2) is 17.3 Å². The molecule has 0 saturated carbocycles. The number of hydrogen-bond donors (Lipinski definition) is 1. The second kappa shape index (κ2) is 7.19. The number of nitrogens with two attached hydrogens (primary N) is 1. The molecule has 0 amide bonds. The van der Waals surface area contributed by atoms with E-state index in [0.717, 1.165) is 5.56 Å². The van der Waals surface area contributed by atoms with E-state index in [1.54, 1.807) is 21.3 Å². The Kier molecular flexibility index (Phi) is 4.80. The Morgan fingerprint density at radius 1 is 1.07 bits per heavy atom. The summed E-state index contributed by atoms with van der Waals surface area (Å²) < 4.78 is 22.6. The highest BCUT2D eigenvalue weighted by molar-refractivity contribution is 6.00. The van der Waals surface area contributed by atoms with Gasteiger partial charge in [-0.1, -0.05) is 13.8 Å². The molecule has 0 fully saturated rings. The lowest BCUT2D eigenvalue weighted by atomic mass is 9.70. The third-order valence-electron chi connectivity index (χ3n) is 5.57. The number of carbonyl (C=O) groups excluding carboxylic acids is 1. The molecule has 2 aromatic rings. The third-order valence-corrected chi connectivity index (χ3v) is 5.57. The van der Waals surface area contributed by atoms with Crippen LogP contribution in [0.5, 0.6) is 23.1 Å². The first kappa shape index (κ1) is 20.0. The molecule has 0 spiro atoms. The zero-order valence-electron chi connectivity index (χ0n) is 17.7. The highest BCUT2D eigenvalue weighted by atomic mass is 16.5. The highest BCUT2D eigenvalue weighted by Crippen LogP contribution is 2.52. The van der Waals surface area contributed by atoms with Gasteiger partial charge in [-0.3, -0.25) is 4.79 Å². The number of nitrogens with zero attached hydrogens (tertiary/aromatic N) is 2. The molecule has 1 aromatic heterocycles. The Morgan fingerprint density at radius 2 is 1.73 bits per heavy atom. The van der Waals surface area contributed by atoms with Crippen LogP contribution in [0.4, 0.5) is 5.82 Å². The van der Waals surface area contributed by atoms with Crippen molar-refractivity contribution in [3.05, 3.63) is 40.9 Å². The van der Waals surface area contributed by atoms with Crippen molar-refractivity contribution < 1.29 is 23.7 Å². The zero-order valence-corrected chi connectivity index (χ0v) is 17.7. The summed E-state index contributed by atoms with van der Waals surface area (Å²) in [5.74, 6) is 2.23. The van der Waals surface area contributed by atoms with Gasteiger partial charge in [-0.2, -0.15) is 0 Å². The van der Waals surface area contributed by atoms with Crippen molar-refractivity contribution >= 4 is 11.6 Å². The summed E-state index contributed by atoms with van der Waals surface area (Å²) in [4.78, 5) is 21.7. The summed E-state index contributed by atoms with van der Waals surface area (Å²) in [7, 11) is 4.65. The van der Waals surface area contributed by atoms with Crippen LogP contribution in [0.15, 0.2) is 29.8 Å². The Hall–Kier alpha value is -3.29. The summed E-state index contributed by atoms with van der Waals surface area (Å²) in [6.45, 7) is 4.10. The number of methoxy groups -OCH3 is 3. The molecule has 2 heterocycles. The van der Waals surface area contributed by atoms with Crippen LogP contribution in [0.2, 0.25) is 0 Å². The lowest BCUT2D eigenvalue weighted by Gasteiger charge is -2.38. The van der Waals surface area contributed by atoms with Crippen LogP contribution in [0.3, 0.4) is 0 Å². The van der Waals surface area contributed by atoms with Gasteiger partial charge in [-0.05, 0) is 23.1 Å². The fourth-order valence-electron chi connectivity index (χ4n) is 4.30. The molecule has 8 nitrogen and oxygen atoms in total. The van der Waals surface area contributed by atoms with E-state index < -0.39 is 5.92 Å². The Labute approximate surface area is 175 Å². The first-order chi connectivity index (χ1) is 14.3. The largest absolute Gasteiger partial charge is 0.493 e. The number of ketones is 1. The fourth-order valence-corrected chi connectivity index (χ4v) is 4.30. The number of hydrogen-bond acceptors (Lipinski definition) is 8. The second-order valence-corrected chi connectivity index (χ2v) is 8.25. The average Bonchev–Trinajstić information content (AvgIpc) is 2.70. The monoisotopic (exact) mass is 411 g/mol. The van der Waals surface area contributed by atoms with E-state index in [4.69, 9.17) is 24.7 Å². The van der Waals surface area contributed by atoms with Crippen molar-refractivity contribution in [3.8, 4) is 23.1 Å². The topological polar surface area (TPSA) is 106 Å². The summed E-state index contributed by atoms with van der Waals surface area (Å²) in [5, 5.41) is 0. The summed E-state index contributed by atoms with van der Waals surface area (Å²) >= 11 is 0. The van der Waals surface area contributed by atoms with Crippen LogP contribution in [0, 0.1) is 5.41 Å². The van der Waals surface area contributed by atoms with E-state index in [-0.39, 0.29) is 17.0 Å². The Balaban J connectivity index is 2.00. The number of rotatable bonds is 4. The molecular formula is C22H25N3O5. The molecule has 1 aromatic carbocycles. The minimum absolute atomic E-state index is 0.0221. The van der Waals surface area contributed by atoms with Crippen LogP contribution in [-0.4, -0.2) is 37.1 Å². The van der Waals surface area contributed by atoms with Gasteiger partial charge in [0.05, 0.1) is 32.8 Å². The number of ether oxygens (including phenoxy) is 4. The normalized spacial score (nSPS) is 19.5. The van der Waals surface area contributed by atoms with E-state index >= 15 is 0 Å². The predicted molar refractivity (Wildman–Crippen MR) is 110 cm³/mol. The van der Waals surface area contributed by atoms with E-state index in [0.29, 0.717) is 52.9 Å². The Morgan fingerprint density at radius 3 is 2.33 bits per heavy atom. The molecule has 158 valence electrons.